The van der Waals surface area contributed by atoms with Gasteiger partial charge in [-0.15, -0.1) is 0 Å². The summed E-state index contributed by atoms with van der Waals surface area (Å²) in [7, 11) is 3.07. The zero-order valence-electron chi connectivity index (χ0n) is 16.7. The van der Waals surface area contributed by atoms with Gasteiger partial charge in [0.25, 0.3) is 0 Å². The standard InChI is InChI=1S/C24H17ClO6/c1-28-20-10-6-15(12-22(20)29-2)19-11-16-5-9-18(13-21(16)31-24(19)27)30-23(26)14-3-7-17(25)8-4-14/h3-13H,1-2H3. The van der Waals surface area contributed by atoms with Crippen LogP contribution in [-0.4, -0.2) is 20.2 Å². The highest BCUT2D eigenvalue weighted by Gasteiger charge is 2.13. The SMILES string of the molecule is COc1ccc(-c2cc3ccc(OC(=O)c4ccc(Cl)cc4)cc3oc2=O)cc1OC. The first kappa shape index (κ1) is 20.5. The first-order chi connectivity index (χ1) is 15.0. The van der Waals surface area contributed by atoms with Crippen molar-refractivity contribution in [2.75, 3.05) is 14.2 Å². The summed E-state index contributed by atoms with van der Waals surface area (Å²) in [4.78, 5) is 24.9. The molecule has 0 atom stereocenters. The van der Waals surface area contributed by atoms with Gasteiger partial charge in [-0.2, -0.15) is 0 Å². The van der Waals surface area contributed by atoms with Crippen LogP contribution in [0.15, 0.2) is 75.9 Å². The maximum absolute atomic E-state index is 12.6. The quantitative estimate of drug-likeness (QED) is 0.238. The minimum atomic E-state index is -0.541. The van der Waals surface area contributed by atoms with Gasteiger partial charge >= 0.3 is 11.6 Å². The predicted octanol–water partition coefficient (Wildman–Crippen LogP) is 5.35. The lowest BCUT2D eigenvalue weighted by atomic mass is 10.1. The Balaban J connectivity index is 1.66. The summed E-state index contributed by atoms with van der Waals surface area (Å²) in [6, 6.07) is 18.1. The molecule has 0 amide bonds. The van der Waals surface area contributed by atoms with E-state index >= 15 is 0 Å². The molecule has 31 heavy (non-hydrogen) atoms. The van der Waals surface area contributed by atoms with Crippen molar-refractivity contribution < 1.29 is 23.4 Å². The lowest BCUT2D eigenvalue weighted by Crippen LogP contribution is -2.08. The molecular formula is C24H17ClO6. The number of benzene rings is 3. The monoisotopic (exact) mass is 436 g/mol. The molecule has 0 aliphatic heterocycles. The largest absolute Gasteiger partial charge is 0.493 e. The summed E-state index contributed by atoms with van der Waals surface area (Å²) < 4.78 is 21.4. The second-order valence-electron chi connectivity index (χ2n) is 6.61. The van der Waals surface area contributed by atoms with Crippen molar-refractivity contribution in [3.63, 3.8) is 0 Å². The molecule has 3 aromatic carbocycles. The zero-order chi connectivity index (χ0) is 22.0. The van der Waals surface area contributed by atoms with Crippen molar-refractivity contribution >= 4 is 28.5 Å². The van der Waals surface area contributed by atoms with Crippen LogP contribution in [0.3, 0.4) is 0 Å². The Labute approximate surface area is 182 Å². The molecule has 0 saturated heterocycles. The number of rotatable bonds is 5. The molecule has 0 saturated carbocycles. The van der Waals surface area contributed by atoms with Crippen LogP contribution < -0.4 is 19.8 Å². The molecule has 156 valence electrons. The van der Waals surface area contributed by atoms with E-state index in [0.29, 0.717) is 44.2 Å². The summed E-state index contributed by atoms with van der Waals surface area (Å²) in [6.45, 7) is 0. The van der Waals surface area contributed by atoms with E-state index in [1.165, 1.54) is 13.2 Å². The third-order valence-electron chi connectivity index (χ3n) is 4.69. The topological polar surface area (TPSA) is 75.0 Å². The summed E-state index contributed by atoms with van der Waals surface area (Å²) >= 11 is 5.84. The average Bonchev–Trinajstić information content (AvgIpc) is 2.78. The van der Waals surface area contributed by atoms with Crippen LogP contribution in [0.1, 0.15) is 10.4 Å². The van der Waals surface area contributed by atoms with Crippen LogP contribution in [-0.2, 0) is 0 Å². The molecular weight excluding hydrogens is 420 g/mol. The van der Waals surface area contributed by atoms with Crippen LogP contribution >= 0.6 is 11.6 Å². The number of carbonyl (C=O) groups excluding carboxylic acids is 1. The maximum Gasteiger partial charge on any atom is 0.344 e. The first-order valence-electron chi connectivity index (χ1n) is 9.26. The number of ether oxygens (including phenoxy) is 3. The van der Waals surface area contributed by atoms with Crippen molar-refractivity contribution in [3.8, 4) is 28.4 Å². The normalized spacial score (nSPS) is 10.7. The molecule has 0 bridgehead atoms. The fourth-order valence-corrected chi connectivity index (χ4v) is 3.24. The fourth-order valence-electron chi connectivity index (χ4n) is 3.11. The van der Waals surface area contributed by atoms with E-state index in [1.807, 2.05) is 0 Å². The van der Waals surface area contributed by atoms with E-state index in [9.17, 15) is 9.59 Å². The van der Waals surface area contributed by atoms with Gasteiger partial charge < -0.3 is 18.6 Å². The van der Waals surface area contributed by atoms with Gasteiger partial charge in [-0.25, -0.2) is 9.59 Å². The van der Waals surface area contributed by atoms with Gasteiger partial charge in [-0.1, -0.05) is 17.7 Å². The molecule has 6 nitrogen and oxygen atoms in total. The van der Waals surface area contributed by atoms with Crippen LogP contribution in [0.2, 0.25) is 5.02 Å². The third kappa shape index (κ3) is 4.25. The summed E-state index contributed by atoms with van der Waals surface area (Å²) in [5.74, 6) is 0.780. The van der Waals surface area contributed by atoms with Crippen molar-refractivity contribution in [1.82, 2.24) is 0 Å². The van der Waals surface area contributed by atoms with Gasteiger partial charge in [0, 0.05) is 16.5 Å². The molecule has 4 rings (SSSR count). The van der Waals surface area contributed by atoms with E-state index in [2.05, 4.69) is 0 Å². The average molecular weight is 437 g/mol. The highest BCUT2D eigenvalue weighted by Crippen LogP contribution is 2.32. The Morgan fingerprint density at radius 1 is 0.871 bits per heavy atom. The number of halogens is 1. The van der Waals surface area contributed by atoms with Gasteiger partial charge in [-0.05, 0) is 60.2 Å². The molecule has 4 aromatic rings. The molecule has 0 fully saturated rings. The van der Waals surface area contributed by atoms with Crippen molar-refractivity contribution in [1.29, 1.82) is 0 Å². The Kier molecular flexibility index (Phi) is 5.64. The number of carbonyl (C=O) groups is 1. The van der Waals surface area contributed by atoms with E-state index in [-0.39, 0.29) is 5.75 Å². The van der Waals surface area contributed by atoms with E-state index < -0.39 is 11.6 Å². The number of hydrogen-bond acceptors (Lipinski definition) is 6. The van der Waals surface area contributed by atoms with Crippen LogP contribution in [0.5, 0.6) is 17.2 Å². The lowest BCUT2D eigenvalue weighted by Gasteiger charge is -2.10. The second kappa shape index (κ2) is 8.53. The molecule has 1 aromatic heterocycles. The minimum Gasteiger partial charge on any atom is -0.493 e. The second-order valence-corrected chi connectivity index (χ2v) is 7.05. The Hall–Kier alpha value is -3.77. The zero-order valence-corrected chi connectivity index (χ0v) is 17.4. The number of methoxy groups -OCH3 is 2. The van der Waals surface area contributed by atoms with Crippen molar-refractivity contribution in [2.45, 2.75) is 0 Å². The Morgan fingerprint density at radius 2 is 1.61 bits per heavy atom. The van der Waals surface area contributed by atoms with Crippen molar-refractivity contribution in [2.24, 2.45) is 0 Å². The Morgan fingerprint density at radius 3 is 2.32 bits per heavy atom. The highest BCUT2D eigenvalue weighted by molar-refractivity contribution is 6.30. The first-order valence-corrected chi connectivity index (χ1v) is 9.64. The molecule has 0 N–H and O–H groups in total. The fraction of sp³-hybridized carbons (Fsp3) is 0.0833. The van der Waals surface area contributed by atoms with E-state index in [1.54, 1.807) is 67.8 Å². The van der Waals surface area contributed by atoms with Crippen LogP contribution in [0, 0.1) is 0 Å². The van der Waals surface area contributed by atoms with Gasteiger partial charge in [-0.3, -0.25) is 0 Å². The molecule has 0 radical (unpaired) electrons. The Bertz CT molecular complexity index is 1320. The molecule has 7 heteroatoms. The smallest absolute Gasteiger partial charge is 0.344 e. The van der Waals surface area contributed by atoms with Crippen LogP contribution in [0.25, 0.3) is 22.1 Å². The van der Waals surface area contributed by atoms with Crippen molar-refractivity contribution in [3.05, 3.63) is 87.7 Å². The predicted molar refractivity (Wildman–Crippen MR) is 117 cm³/mol. The van der Waals surface area contributed by atoms with Gasteiger partial charge in [0.1, 0.15) is 11.3 Å². The van der Waals surface area contributed by atoms with E-state index in [0.717, 1.165) is 0 Å². The summed E-state index contributed by atoms with van der Waals surface area (Å²) in [5, 5.41) is 1.20. The molecule has 1 heterocycles. The highest BCUT2D eigenvalue weighted by atomic mass is 35.5. The summed E-state index contributed by atoms with van der Waals surface area (Å²) in [6.07, 6.45) is 0. The number of hydrogen-bond donors (Lipinski definition) is 0. The molecule has 0 aliphatic rings. The molecule has 0 spiro atoms. The number of fused-ring (bicyclic) bond motifs is 1. The molecule has 0 unspecified atom stereocenters. The van der Waals surface area contributed by atoms with Gasteiger partial charge in [0.2, 0.25) is 0 Å². The maximum atomic E-state index is 12.6. The number of esters is 1. The van der Waals surface area contributed by atoms with Crippen LogP contribution in [0.4, 0.5) is 0 Å². The third-order valence-corrected chi connectivity index (χ3v) is 4.94. The summed E-state index contributed by atoms with van der Waals surface area (Å²) in [5.41, 5.74) is 1.14. The molecule has 0 aliphatic carbocycles. The minimum absolute atomic E-state index is 0.259. The lowest BCUT2D eigenvalue weighted by molar-refractivity contribution is 0.0735. The van der Waals surface area contributed by atoms with Gasteiger partial charge in [0.05, 0.1) is 25.3 Å². The van der Waals surface area contributed by atoms with Gasteiger partial charge in [0.15, 0.2) is 11.5 Å². The van der Waals surface area contributed by atoms with E-state index in [4.69, 9.17) is 30.2 Å².